The molecule has 2 rings (SSSR count). The summed E-state index contributed by atoms with van der Waals surface area (Å²) < 4.78 is 0. The maximum absolute atomic E-state index is 11.8. The van der Waals surface area contributed by atoms with Crippen LogP contribution in [-0.2, 0) is 11.3 Å². The van der Waals surface area contributed by atoms with Crippen molar-refractivity contribution in [3.63, 3.8) is 0 Å². The normalized spacial score (nSPS) is 11.0. The zero-order valence-corrected chi connectivity index (χ0v) is 12.3. The molecule has 4 nitrogen and oxygen atoms in total. The second kappa shape index (κ2) is 6.48. The minimum Gasteiger partial charge on any atom is -0.351 e. The summed E-state index contributed by atoms with van der Waals surface area (Å²) in [7, 11) is 1.94. The van der Waals surface area contributed by atoms with Gasteiger partial charge in [0.2, 0.25) is 5.91 Å². The molecule has 0 spiro atoms. The summed E-state index contributed by atoms with van der Waals surface area (Å²) in [6.07, 6.45) is 1.80. The lowest BCUT2D eigenvalue weighted by atomic mass is 10.0. The molecule has 0 radical (unpaired) electrons. The number of benzene rings is 1. The second-order valence-corrected chi connectivity index (χ2v) is 5.05. The lowest BCUT2D eigenvalue weighted by Crippen LogP contribution is -2.34. The van der Waals surface area contributed by atoms with Crippen LogP contribution in [0.25, 0.3) is 10.9 Å². The highest BCUT2D eigenvalue weighted by molar-refractivity contribution is 5.85. The summed E-state index contributed by atoms with van der Waals surface area (Å²) in [5.41, 5.74) is 3.26. The fourth-order valence-corrected chi connectivity index (χ4v) is 2.13. The third-order valence-corrected chi connectivity index (χ3v) is 3.49. The van der Waals surface area contributed by atoms with Crippen LogP contribution in [0.3, 0.4) is 0 Å². The van der Waals surface area contributed by atoms with Crippen LogP contribution < -0.4 is 5.32 Å². The van der Waals surface area contributed by atoms with Crippen molar-refractivity contribution in [2.45, 2.75) is 20.4 Å². The van der Waals surface area contributed by atoms with Gasteiger partial charge in [-0.25, -0.2) is 0 Å². The van der Waals surface area contributed by atoms with Gasteiger partial charge in [0.05, 0.1) is 12.1 Å². The van der Waals surface area contributed by atoms with Crippen molar-refractivity contribution >= 4 is 16.8 Å². The SMILES string of the molecule is CCN(C)CC(=O)NCc1ccc(C)c2ncccc12. The maximum Gasteiger partial charge on any atom is 0.234 e. The monoisotopic (exact) mass is 271 g/mol. The fourth-order valence-electron chi connectivity index (χ4n) is 2.13. The first-order valence-corrected chi connectivity index (χ1v) is 6.90. The van der Waals surface area contributed by atoms with Gasteiger partial charge in [-0.15, -0.1) is 0 Å². The largest absolute Gasteiger partial charge is 0.351 e. The summed E-state index contributed by atoms with van der Waals surface area (Å²) in [6.45, 7) is 5.92. The van der Waals surface area contributed by atoms with E-state index in [-0.39, 0.29) is 5.91 Å². The highest BCUT2D eigenvalue weighted by Crippen LogP contribution is 2.19. The van der Waals surface area contributed by atoms with E-state index in [0.717, 1.165) is 28.6 Å². The topological polar surface area (TPSA) is 45.2 Å². The number of hydrogen-bond acceptors (Lipinski definition) is 3. The molecule has 0 saturated carbocycles. The number of aryl methyl sites for hydroxylation is 1. The van der Waals surface area contributed by atoms with E-state index in [1.54, 1.807) is 6.20 Å². The Hall–Kier alpha value is -1.94. The summed E-state index contributed by atoms with van der Waals surface area (Å²) in [6, 6.07) is 8.09. The molecule has 1 aromatic carbocycles. The summed E-state index contributed by atoms with van der Waals surface area (Å²) in [5, 5.41) is 4.08. The lowest BCUT2D eigenvalue weighted by Gasteiger charge is -2.14. The molecule has 0 bridgehead atoms. The molecule has 0 aliphatic heterocycles. The van der Waals surface area contributed by atoms with Crippen molar-refractivity contribution in [2.24, 2.45) is 0 Å². The molecule has 0 aliphatic carbocycles. The molecule has 1 amide bonds. The van der Waals surface area contributed by atoms with Crippen LogP contribution in [0.1, 0.15) is 18.1 Å². The number of fused-ring (bicyclic) bond motifs is 1. The highest BCUT2D eigenvalue weighted by Gasteiger charge is 2.07. The van der Waals surface area contributed by atoms with Gasteiger partial charge in [-0.1, -0.05) is 25.1 Å². The van der Waals surface area contributed by atoms with Gasteiger partial charge < -0.3 is 5.32 Å². The lowest BCUT2D eigenvalue weighted by molar-refractivity contribution is -0.122. The number of rotatable bonds is 5. The average Bonchev–Trinajstić information content (AvgIpc) is 2.46. The number of nitrogens with one attached hydrogen (secondary N) is 1. The Morgan fingerprint density at radius 3 is 2.90 bits per heavy atom. The number of carbonyl (C=O) groups is 1. The van der Waals surface area contributed by atoms with Crippen LogP contribution in [-0.4, -0.2) is 35.9 Å². The van der Waals surface area contributed by atoms with Crippen LogP contribution in [0.15, 0.2) is 30.5 Å². The van der Waals surface area contributed by atoms with E-state index in [1.165, 1.54) is 0 Å². The summed E-state index contributed by atoms with van der Waals surface area (Å²) in [5.74, 6) is 0.0481. The Balaban J connectivity index is 2.11. The Morgan fingerprint density at radius 1 is 1.35 bits per heavy atom. The first-order valence-electron chi connectivity index (χ1n) is 6.90. The van der Waals surface area contributed by atoms with Crippen molar-refractivity contribution in [1.82, 2.24) is 15.2 Å². The molecule has 1 heterocycles. The molecule has 0 unspecified atom stereocenters. The van der Waals surface area contributed by atoms with Crippen LogP contribution >= 0.6 is 0 Å². The zero-order valence-electron chi connectivity index (χ0n) is 12.3. The molecular formula is C16H21N3O. The number of carbonyl (C=O) groups excluding carboxylic acids is 1. The van der Waals surface area contributed by atoms with E-state index in [9.17, 15) is 4.79 Å². The Kier molecular flexibility index (Phi) is 4.69. The zero-order chi connectivity index (χ0) is 14.5. The van der Waals surface area contributed by atoms with Gasteiger partial charge in [-0.3, -0.25) is 14.7 Å². The number of pyridine rings is 1. The van der Waals surface area contributed by atoms with Gasteiger partial charge in [0, 0.05) is 18.1 Å². The number of hydrogen-bond donors (Lipinski definition) is 1. The quantitative estimate of drug-likeness (QED) is 0.906. The van der Waals surface area contributed by atoms with Gasteiger partial charge in [-0.05, 0) is 37.7 Å². The summed E-state index contributed by atoms with van der Waals surface area (Å²) >= 11 is 0. The third kappa shape index (κ3) is 3.33. The molecule has 20 heavy (non-hydrogen) atoms. The van der Waals surface area contributed by atoms with E-state index in [4.69, 9.17) is 0 Å². The fraction of sp³-hybridized carbons (Fsp3) is 0.375. The van der Waals surface area contributed by atoms with Crippen molar-refractivity contribution in [2.75, 3.05) is 20.1 Å². The van der Waals surface area contributed by atoms with E-state index >= 15 is 0 Å². The molecule has 1 N–H and O–H groups in total. The first kappa shape index (κ1) is 14.5. The smallest absolute Gasteiger partial charge is 0.234 e. The standard InChI is InChI=1S/C16H21N3O/c1-4-19(3)11-15(20)18-10-13-8-7-12(2)16-14(13)6-5-9-17-16/h5-9H,4,10-11H2,1-3H3,(H,18,20). The summed E-state index contributed by atoms with van der Waals surface area (Å²) in [4.78, 5) is 18.2. The number of nitrogens with zero attached hydrogens (tertiary/aromatic N) is 2. The molecule has 0 saturated heterocycles. The van der Waals surface area contributed by atoms with Crippen LogP contribution in [0.4, 0.5) is 0 Å². The minimum absolute atomic E-state index is 0.0481. The molecule has 4 heteroatoms. The molecule has 1 aromatic heterocycles. The number of likely N-dealkylation sites (N-methyl/N-ethyl adjacent to an activating group) is 1. The van der Waals surface area contributed by atoms with Gasteiger partial charge in [0.1, 0.15) is 0 Å². The highest BCUT2D eigenvalue weighted by atomic mass is 16.2. The van der Waals surface area contributed by atoms with E-state index in [2.05, 4.69) is 28.5 Å². The molecule has 0 aliphatic rings. The molecular weight excluding hydrogens is 250 g/mol. The van der Waals surface area contributed by atoms with Gasteiger partial charge in [-0.2, -0.15) is 0 Å². The predicted octanol–water partition coefficient (Wildman–Crippen LogP) is 2.11. The average molecular weight is 271 g/mol. The minimum atomic E-state index is 0.0481. The van der Waals surface area contributed by atoms with Gasteiger partial charge in [0.25, 0.3) is 0 Å². The van der Waals surface area contributed by atoms with Crippen LogP contribution in [0, 0.1) is 6.92 Å². The van der Waals surface area contributed by atoms with Crippen molar-refractivity contribution in [1.29, 1.82) is 0 Å². The van der Waals surface area contributed by atoms with E-state index in [0.29, 0.717) is 13.1 Å². The molecule has 2 aromatic rings. The third-order valence-electron chi connectivity index (χ3n) is 3.49. The maximum atomic E-state index is 11.8. The predicted molar refractivity (Wildman–Crippen MR) is 81.5 cm³/mol. The van der Waals surface area contributed by atoms with E-state index in [1.807, 2.05) is 31.9 Å². The van der Waals surface area contributed by atoms with Crippen molar-refractivity contribution in [3.05, 3.63) is 41.6 Å². The molecule has 0 atom stereocenters. The number of aromatic nitrogens is 1. The Morgan fingerprint density at radius 2 is 2.15 bits per heavy atom. The second-order valence-electron chi connectivity index (χ2n) is 5.05. The van der Waals surface area contributed by atoms with Crippen LogP contribution in [0.2, 0.25) is 0 Å². The van der Waals surface area contributed by atoms with Crippen molar-refractivity contribution in [3.8, 4) is 0 Å². The van der Waals surface area contributed by atoms with Gasteiger partial charge in [0.15, 0.2) is 0 Å². The van der Waals surface area contributed by atoms with E-state index < -0.39 is 0 Å². The van der Waals surface area contributed by atoms with Crippen LogP contribution in [0.5, 0.6) is 0 Å². The Bertz CT molecular complexity index is 610. The first-order chi connectivity index (χ1) is 9.61. The molecule has 0 fully saturated rings. The molecule has 106 valence electrons. The number of amides is 1. The van der Waals surface area contributed by atoms with Gasteiger partial charge >= 0.3 is 0 Å². The van der Waals surface area contributed by atoms with Crippen molar-refractivity contribution < 1.29 is 4.79 Å². The Labute approximate surface area is 119 Å².